The van der Waals surface area contributed by atoms with Crippen molar-refractivity contribution in [3.63, 3.8) is 0 Å². The minimum absolute atomic E-state index is 0.0128. The van der Waals surface area contributed by atoms with E-state index < -0.39 is 27.4 Å². The average Bonchev–Trinajstić information content (AvgIpc) is 2.76. The molecule has 35 heavy (non-hydrogen) atoms. The van der Waals surface area contributed by atoms with Crippen LogP contribution >= 0.6 is 11.6 Å². The fourth-order valence-corrected chi connectivity index (χ4v) is 5.22. The molecule has 0 unspecified atom stereocenters. The molecule has 0 fully saturated rings. The van der Waals surface area contributed by atoms with E-state index in [-0.39, 0.29) is 27.0 Å². The summed E-state index contributed by atoms with van der Waals surface area (Å²) in [6, 6.07) is 13.4. The summed E-state index contributed by atoms with van der Waals surface area (Å²) in [5.41, 5.74) is 2.31. The lowest BCUT2D eigenvalue weighted by molar-refractivity contribution is -0.385. The van der Waals surface area contributed by atoms with Gasteiger partial charge in [0, 0.05) is 22.3 Å². The molecule has 0 aliphatic rings. The maximum absolute atomic E-state index is 13.7. The number of anilines is 2. The Balaban J connectivity index is 2.10. The highest BCUT2D eigenvalue weighted by molar-refractivity contribution is 7.92. The molecule has 0 heterocycles. The molecular formula is C24H24ClN3O6S. The van der Waals surface area contributed by atoms with Crippen LogP contribution in [0.2, 0.25) is 5.02 Å². The van der Waals surface area contributed by atoms with Gasteiger partial charge in [0.25, 0.3) is 15.7 Å². The van der Waals surface area contributed by atoms with Crippen LogP contribution in [-0.4, -0.2) is 32.9 Å². The number of carbonyl (C=O) groups is 1. The Morgan fingerprint density at radius 3 is 2.31 bits per heavy atom. The second-order valence-electron chi connectivity index (χ2n) is 7.96. The number of carbonyl (C=O) groups excluding carboxylic acids is 1. The molecule has 0 atom stereocenters. The second-order valence-corrected chi connectivity index (χ2v) is 10.3. The number of halogens is 1. The minimum Gasteiger partial charge on any atom is -0.495 e. The number of aryl methyl sites for hydroxylation is 3. The first-order valence-electron chi connectivity index (χ1n) is 10.4. The van der Waals surface area contributed by atoms with Crippen molar-refractivity contribution >= 4 is 44.6 Å². The van der Waals surface area contributed by atoms with Crippen LogP contribution in [0.3, 0.4) is 0 Å². The number of nitrogens with zero attached hydrogens (tertiary/aromatic N) is 2. The van der Waals surface area contributed by atoms with Gasteiger partial charge in [0.15, 0.2) is 0 Å². The largest absolute Gasteiger partial charge is 0.495 e. The van der Waals surface area contributed by atoms with Gasteiger partial charge in [-0.25, -0.2) is 8.42 Å². The van der Waals surface area contributed by atoms with Gasteiger partial charge in [0.05, 0.1) is 22.6 Å². The molecule has 9 nitrogen and oxygen atoms in total. The zero-order valence-corrected chi connectivity index (χ0v) is 21.1. The molecule has 0 saturated carbocycles. The number of hydrogen-bond acceptors (Lipinski definition) is 6. The van der Waals surface area contributed by atoms with Crippen molar-refractivity contribution in [2.24, 2.45) is 0 Å². The van der Waals surface area contributed by atoms with E-state index in [0.717, 1.165) is 21.5 Å². The van der Waals surface area contributed by atoms with Crippen LogP contribution in [0.1, 0.15) is 16.7 Å². The number of rotatable bonds is 8. The highest BCUT2D eigenvalue weighted by atomic mass is 35.5. The summed E-state index contributed by atoms with van der Waals surface area (Å²) in [5, 5.41) is 14.3. The molecule has 0 aliphatic carbocycles. The van der Waals surface area contributed by atoms with Gasteiger partial charge in [-0.15, -0.1) is 0 Å². The van der Waals surface area contributed by atoms with Crippen LogP contribution in [0.15, 0.2) is 59.5 Å². The smallest absolute Gasteiger partial charge is 0.273 e. The topological polar surface area (TPSA) is 119 Å². The van der Waals surface area contributed by atoms with E-state index in [2.05, 4.69) is 5.32 Å². The zero-order valence-electron chi connectivity index (χ0n) is 19.5. The molecule has 3 rings (SSSR count). The Kier molecular flexibility index (Phi) is 7.67. The average molecular weight is 518 g/mol. The van der Waals surface area contributed by atoms with Crippen LogP contribution in [0.5, 0.6) is 5.75 Å². The van der Waals surface area contributed by atoms with Gasteiger partial charge in [-0.3, -0.25) is 19.2 Å². The SMILES string of the molecule is COc1ccc(Cl)cc1N(CC(=O)Nc1cc(C)cc(C)c1)S(=O)(=O)c1ccc(C)c([N+](=O)[O-])c1. The Morgan fingerprint density at radius 2 is 1.71 bits per heavy atom. The fourth-order valence-electron chi connectivity index (χ4n) is 3.61. The molecule has 1 N–H and O–H groups in total. The molecular weight excluding hydrogens is 494 g/mol. The van der Waals surface area contributed by atoms with Crippen molar-refractivity contribution < 1.29 is 22.9 Å². The number of hydrogen-bond donors (Lipinski definition) is 1. The third kappa shape index (κ3) is 5.90. The Morgan fingerprint density at radius 1 is 1.06 bits per heavy atom. The molecule has 0 saturated heterocycles. The van der Waals surface area contributed by atoms with E-state index in [1.165, 1.54) is 44.4 Å². The van der Waals surface area contributed by atoms with Gasteiger partial charge in [-0.1, -0.05) is 23.7 Å². The van der Waals surface area contributed by atoms with Gasteiger partial charge >= 0.3 is 0 Å². The molecule has 0 bridgehead atoms. The highest BCUT2D eigenvalue weighted by Crippen LogP contribution is 2.35. The molecule has 11 heteroatoms. The Hall–Kier alpha value is -3.63. The van der Waals surface area contributed by atoms with Crippen molar-refractivity contribution in [2.45, 2.75) is 25.7 Å². The second kappa shape index (κ2) is 10.3. The Labute approximate surface area is 208 Å². The number of methoxy groups -OCH3 is 1. The van der Waals surface area contributed by atoms with Crippen LogP contribution < -0.4 is 14.4 Å². The van der Waals surface area contributed by atoms with Gasteiger partial charge in [0.2, 0.25) is 5.91 Å². The van der Waals surface area contributed by atoms with Crippen molar-refractivity contribution in [1.29, 1.82) is 0 Å². The summed E-state index contributed by atoms with van der Waals surface area (Å²) in [6.45, 7) is 4.62. The summed E-state index contributed by atoms with van der Waals surface area (Å²) >= 11 is 6.14. The van der Waals surface area contributed by atoms with E-state index in [4.69, 9.17) is 16.3 Å². The number of nitrogens with one attached hydrogen (secondary N) is 1. The van der Waals surface area contributed by atoms with Crippen LogP contribution in [0.4, 0.5) is 17.1 Å². The van der Waals surface area contributed by atoms with Gasteiger partial charge < -0.3 is 10.1 Å². The van der Waals surface area contributed by atoms with E-state index >= 15 is 0 Å². The number of sulfonamides is 1. The third-order valence-electron chi connectivity index (χ3n) is 5.17. The molecule has 3 aromatic carbocycles. The Bertz CT molecular complexity index is 1390. The predicted molar refractivity (Wildman–Crippen MR) is 135 cm³/mol. The summed E-state index contributed by atoms with van der Waals surface area (Å²) in [7, 11) is -3.10. The van der Waals surface area contributed by atoms with Crippen molar-refractivity contribution in [3.05, 3.63) is 86.4 Å². The first-order valence-corrected chi connectivity index (χ1v) is 12.2. The van der Waals surface area contributed by atoms with E-state index in [1.807, 2.05) is 19.9 Å². The summed E-state index contributed by atoms with van der Waals surface area (Å²) < 4.78 is 33.6. The summed E-state index contributed by atoms with van der Waals surface area (Å²) in [5.74, 6) is -0.471. The normalized spacial score (nSPS) is 11.1. The first kappa shape index (κ1) is 26.0. The summed E-state index contributed by atoms with van der Waals surface area (Å²) in [6.07, 6.45) is 0. The monoisotopic (exact) mass is 517 g/mol. The molecule has 1 amide bonds. The van der Waals surface area contributed by atoms with Crippen molar-refractivity contribution in [3.8, 4) is 5.75 Å². The zero-order chi connectivity index (χ0) is 25.9. The van der Waals surface area contributed by atoms with E-state index in [1.54, 1.807) is 12.1 Å². The molecule has 0 spiro atoms. The van der Waals surface area contributed by atoms with E-state index in [9.17, 15) is 23.3 Å². The third-order valence-corrected chi connectivity index (χ3v) is 7.16. The maximum atomic E-state index is 13.7. The number of benzene rings is 3. The lowest BCUT2D eigenvalue weighted by Crippen LogP contribution is -2.38. The van der Waals surface area contributed by atoms with Crippen molar-refractivity contribution in [2.75, 3.05) is 23.3 Å². The lowest BCUT2D eigenvalue weighted by atomic mass is 10.1. The standard InChI is InChI=1S/C24H24ClN3O6S/c1-15-9-16(2)11-19(10-15)26-24(29)14-27(22-12-18(25)6-8-23(22)34-4)35(32,33)20-7-5-17(3)21(13-20)28(30)31/h5-13H,14H2,1-4H3,(H,26,29). The molecule has 3 aromatic rings. The fraction of sp³-hybridized carbons (Fsp3) is 0.208. The lowest BCUT2D eigenvalue weighted by Gasteiger charge is -2.26. The summed E-state index contributed by atoms with van der Waals surface area (Å²) in [4.78, 5) is 23.4. The maximum Gasteiger partial charge on any atom is 0.273 e. The molecule has 0 aromatic heterocycles. The van der Waals surface area contributed by atoms with Crippen LogP contribution in [0.25, 0.3) is 0 Å². The molecule has 184 valence electrons. The van der Waals surface area contributed by atoms with E-state index in [0.29, 0.717) is 11.3 Å². The van der Waals surface area contributed by atoms with Gasteiger partial charge in [0.1, 0.15) is 12.3 Å². The van der Waals surface area contributed by atoms with Crippen LogP contribution in [-0.2, 0) is 14.8 Å². The van der Waals surface area contributed by atoms with Gasteiger partial charge in [-0.2, -0.15) is 0 Å². The van der Waals surface area contributed by atoms with Gasteiger partial charge in [-0.05, 0) is 68.3 Å². The predicted octanol–water partition coefficient (Wildman–Crippen LogP) is 5.02. The van der Waals surface area contributed by atoms with Crippen molar-refractivity contribution in [1.82, 2.24) is 0 Å². The number of nitro benzene ring substituents is 1. The molecule has 0 aliphatic heterocycles. The number of amides is 1. The molecule has 0 radical (unpaired) electrons. The van der Waals surface area contributed by atoms with Crippen LogP contribution in [0, 0.1) is 30.9 Å². The number of ether oxygens (including phenoxy) is 1. The number of nitro groups is 1. The first-order chi connectivity index (χ1) is 16.4. The highest BCUT2D eigenvalue weighted by Gasteiger charge is 2.31. The quantitative estimate of drug-likeness (QED) is 0.331. The minimum atomic E-state index is -4.45.